The van der Waals surface area contributed by atoms with Gasteiger partial charge in [0.1, 0.15) is 41.3 Å². The van der Waals surface area contributed by atoms with Gasteiger partial charge in [0.15, 0.2) is 11.3 Å². The van der Waals surface area contributed by atoms with Crippen LogP contribution in [-0.4, -0.2) is 75.1 Å². The molecule has 0 bridgehead atoms. The highest BCUT2D eigenvalue weighted by molar-refractivity contribution is 7.17. The second-order valence-corrected chi connectivity index (χ2v) is 19.5. The van der Waals surface area contributed by atoms with Crippen LogP contribution in [-0.2, 0) is 4.74 Å². The molecule has 2 aromatic carbocycles. The van der Waals surface area contributed by atoms with E-state index in [2.05, 4.69) is 69.2 Å². The molecule has 3 N–H and O–H groups in total. The van der Waals surface area contributed by atoms with Crippen molar-refractivity contribution in [2.75, 3.05) is 13.2 Å². The lowest BCUT2D eigenvalue weighted by Gasteiger charge is -2.33. The number of benzene rings is 2. The lowest BCUT2D eigenvalue weighted by molar-refractivity contribution is 0.0408. The Kier molecular flexibility index (Phi) is 12.6. The third kappa shape index (κ3) is 10.3. The summed E-state index contributed by atoms with van der Waals surface area (Å²) in [6.45, 7) is 18.9. The van der Waals surface area contributed by atoms with E-state index in [4.69, 9.17) is 19.9 Å². The minimum Gasteiger partial charge on any atom is -0.489 e. The maximum absolute atomic E-state index is 12.5. The van der Waals surface area contributed by atoms with E-state index in [1.165, 1.54) is 0 Å². The average molecular weight is 863 g/mol. The first-order chi connectivity index (χ1) is 29.0. The molecule has 0 aliphatic heterocycles. The SMILES string of the molecule is CC(C)C[C@@](C)(COc1ccc(-c2ccnc3ccnn23)c2scnc12)NC(=O)OC(C)(C)C.CC(C)C[C@](C)(N)COc1ccc(-c2ccnc3ccnn23)c2scnc12. The average Bonchev–Trinajstić information content (AvgIpc) is 4.01. The molecular formula is C45H54N10O4S2. The van der Waals surface area contributed by atoms with Crippen molar-refractivity contribution in [3.8, 4) is 34.0 Å². The van der Waals surface area contributed by atoms with Gasteiger partial charge in [0, 0.05) is 41.2 Å². The van der Waals surface area contributed by atoms with Crippen LogP contribution >= 0.6 is 22.7 Å². The molecule has 8 aromatic rings. The number of carbonyl (C=O) groups excluding carboxylic acids is 1. The number of nitrogens with two attached hydrogens (primary N) is 1. The highest BCUT2D eigenvalue weighted by atomic mass is 32.1. The molecule has 6 heterocycles. The predicted octanol–water partition coefficient (Wildman–Crippen LogP) is 9.86. The minimum atomic E-state index is -0.607. The summed E-state index contributed by atoms with van der Waals surface area (Å²) in [4.78, 5) is 30.3. The lowest BCUT2D eigenvalue weighted by atomic mass is 9.91. The van der Waals surface area contributed by atoms with Gasteiger partial charge in [-0.2, -0.15) is 10.2 Å². The van der Waals surface area contributed by atoms with E-state index in [0.717, 1.165) is 72.8 Å². The molecule has 0 aliphatic rings. The van der Waals surface area contributed by atoms with Crippen molar-refractivity contribution >= 4 is 60.5 Å². The maximum atomic E-state index is 12.5. The predicted molar refractivity (Wildman–Crippen MR) is 243 cm³/mol. The first-order valence-corrected chi connectivity index (χ1v) is 22.1. The second-order valence-electron chi connectivity index (χ2n) is 17.8. The number of carbonyl (C=O) groups is 1. The van der Waals surface area contributed by atoms with Crippen LogP contribution in [0.4, 0.5) is 4.79 Å². The summed E-state index contributed by atoms with van der Waals surface area (Å²) in [6, 6.07) is 15.7. The fourth-order valence-corrected chi connectivity index (χ4v) is 9.29. The van der Waals surface area contributed by atoms with Crippen LogP contribution in [0, 0.1) is 11.8 Å². The molecule has 320 valence electrons. The Morgan fingerprint density at radius 3 is 1.64 bits per heavy atom. The first-order valence-electron chi connectivity index (χ1n) is 20.4. The highest BCUT2D eigenvalue weighted by Crippen LogP contribution is 2.38. The zero-order chi connectivity index (χ0) is 43.5. The monoisotopic (exact) mass is 862 g/mol. The van der Waals surface area contributed by atoms with E-state index >= 15 is 0 Å². The quantitative estimate of drug-likeness (QED) is 0.113. The Morgan fingerprint density at radius 2 is 1.16 bits per heavy atom. The third-order valence-corrected chi connectivity index (χ3v) is 11.4. The van der Waals surface area contributed by atoms with Gasteiger partial charge in [-0.3, -0.25) is 0 Å². The van der Waals surface area contributed by atoms with Gasteiger partial charge in [-0.25, -0.2) is 33.8 Å². The van der Waals surface area contributed by atoms with Crippen LogP contribution in [0.3, 0.4) is 0 Å². The summed E-state index contributed by atoms with van der Waals surface area (Å²) >= 11 is 3.15. The number of fused-ring (bicyclic) bond motifs is 4. The van der Waals surface area contributed by atoms with Crippen molar-refractivity contribution in [1.82, 2.24) is 44.5 Å². The van der Waals surface area contributed by atoms with E-state index in [1.54, 1.807) is 47.5 Å². The number of thiazole rings is 2. The highest BCUT2D eigenvalue weighted by Gasteiger charge is 2.31. The van der Waals surface area contributed by atoms with Crippen molar-refractivity contribution in [2.24, 2.45) is 17.6 Å². The van der Waals surface area contributed by atoms with E-state index in [9.17, 15) is 4.79 Å². The zero-order valence-corrected chi connectivity index (χ0v) is 37.8. The van der Waals surface area contributed by atoms with E-state index < -0.39 is 17.2 Å². The number of alkyl carbamates (subject to hydrolysis) is 1. The Bertz CT molecular complexity index is 2760. The fraction of sp³-hybridized carbons (Fsp3) is 0.400. The largest absolute Gasteiger partial charge is 0.489 e. The number of amides is 1. The van der Waals surface area contributed by atoms with Crippen LogP contribution in [0.15, 0.2) is 84.3 Å². The normalized spacial score (nSPS) is 14.0. The smallest absolute Gasteiger partial charge is 0.408 e. The van der Waals surface area contributed by atoms with Crippen LogP contribution in [0.5, 0.6) is 11.5 Å². The Balaban J connectivity index is 0.000000189. The number of hydrogen-bond acceptors (Lipinski definition) is 13. The van der Waals surface area contributed by atoms with E-state index in [-0.39, 0.29) is 12.1 Å². The number of nitrogens with one attached hydrogen (secondary N) is 1. The second kappa shape index (κ2) is 17.7. The number of nitrogens with zero attached hydrogens (tertiary/aromatic N) is 8. The standard InChI is InChI=1S/C25H31N5O3S.C20H23N5OS/c1-16(2)13-25(6,29-23(31)33-24(3,4)5)14-32-19-8-7-17(22-21(19)27-15-34-22)18-9-11-26-20-10-12-28-30(18)20;1-13(2)10-20(3,21)11-26-16-5-4-14(19-18(16)23-12-27-19)15-6-8-22-17-7-9-24-25(15)17/h7-12,15-16H,13-14H2,1-6H3,(H,29,31);4-9,12-13H,10-11,21H2,1-3H3/t25-;20-/m00/s1. The van der Waals surface area contributed by atoms with Gasteiger partial charge in [-0.15, -0.1) is 22.7 Å². The number of rotatable bonds is 13. The number of hydrogen-bond donors (Lipinski definition) is 2. The van der Waals surface area contributed by atoms with E-state index in [1.807, 2.05) is 97.1 Å². The van der Waals surface area contributed by atoms with Crippen molar-refractivity contribution in [3.05, 3.63) is 84.3 Å². The molecule has 0 radical (unpaired) electrons. The van der Waals surface area contributed by atoms with Gasteiger partial charge in [-0.05, 0) is 95.7 Å². The van der Waals surface area contributed by atoms with Crippen molar-refractivity contribution in [3.63, 3.8) is 0 Å². The summed E-state index contributed by atoms with van der Waals surface area (Å²) in [5.41, 5.74) is 15.7. The summed E-state index contributed by atoms with van der Waals surface area (Å²) in [5, 5.41) is 11.8. The zero-order valence-electron chi connectivity index (χ0n) is 36.2. The first kappa shape index (κ1) is 43.4. The van der Waals surface area contributed by atoms with Gasteiger partial charge in [0.05, 0.1) is 49.7 Å². The Labute approximate surface area is 363 Å². The summed E-state index contributed by atoms with van der Waals surface area (Å²) in [7, 11) is 0. The van der Waals surface area contributed by atoms with Crippen LogP contribution in [0.1, 0.15) is 75.2 Å². The van der Waals surface area contributed by atoms with Gasteiger partial charge >= 0.3 is 6.09 Å². The molecule has 0 aliphatic carbocycles. The molecule has 6 aromatic heterocycles. The van der Waals surface area contributed by atoms with Crippen LogP contribution in [0.2, 0.25) is 0 Å². The number of ether oxygens (including phenoxy) is 3. The van der Waals surface area contributed by atoms with Crippen LogP contribution in [0.25, 0.3) is 54.2 Å². The summed E-state index contributed by atoms with van der Waals surface area (Å²) in [5.74, 6) is 2.31. The molecule has 0 spiro atoms. The topological polar surface area (TPSA) is 169 Å². The molecule has 0 saturated heterocycles. The minimum absolute atomic E-state index is 0.287. The van der Waals surface area contributed by atoms with Gasteiger partial charge in [0.2, 0.25) is 0 Å². The van der Waals surface area contributed by atoms with Gasteiger partial charge in [0.25, 0.3) is 0 Å². The Morgan fingerprint density at radius 1 is 0.672 bits per heavy atom. The van der Waals surface area contributed by atoms with Crippen molar-refractivity contribution in [1.29, 1.82) is 0 Å². The fourth-order valence-electron chi connectivity index (χ4n) is 7.63. The van der Waals surface area contributed by atoms with Crippen LogP contribution < -0.4 is 20.5 Å². The Hall–Kier alpha value is -5.71. The number of aromatic nitrogens is 8. The molecule has 0 unspecified atom stereocenters. The summed E-state index contributed by atoms with van der Waals surface area (Å²) in [6.07, 6.45) is 8.26. The molecule has 2 atom stereocenters. The maximum Gasteiger partial charge on any atom is 0.408 e. The molecule has 0 fully saturated rings. The van der Waals surface area contributed by atoms with E-state index in [0.29, 0.717) is 24.2 Å². The molecular weight excluding hydrogens is 809 g/mol. The third-order valence-electron chi connectivity index (χ3n) is 9.67. The molecule has 0 saturated carbocycles. The molecule has 8 rings (SSSR count). The molecule has 16 heteroatoms. The van der Waals surface area contributed by atoms with Gasteiger partial charge in [-0.1, -0.05) is 27.7 Å². The molecule has 1 amide bonds. The van der Waals surface area contributed by atoms with Crippen molar-refractivity contribution < 1.29 is 19.0 Å². The molecule has 61 heavy (non-hydrogen) atoms. The van der Waals surface area contributed by atoms with Gasteiger partial charge < -0.3 is 25.3 Å². The lowest BCUT2D eigenvalue weighted by Crippen LogP contribution is -2.52. The molecule has 14 nitrogen and oxygen atoms in total. The summed E-state index contributed by atoms with van der Waals surface area (Å²) < 4.78 is 23.6. The van der Waals surface area contributed by atoms with Crippen molar-refractivity contribution in [2.45, 2.75) is 91.8 Å².